The number of aliphatic hydroxyl groups excluding tert-OH is 1. The molecule has 0 fully saturated rings. The van der Waals surface area contributed by atoms with Crippen LogP contribution < -0.4 is 9.47 Å². The predicted octanol–water partition coefficient (Wildman–Crippen LogP) is 2.60. The summed E-state index contributed by atoms with van der Waals surface area (Å²) in [5.41, 5.74) is 3.74. The van der Waals surface area contributed by atoms with E-state index < -0.39 is 6.10 Å². The van der Waals surface area contributed by atoms with E-state index in [1.54, 1.807) is 11.8 Å². The van der Waals surface area contributed by atoms with Crippen LogP contribution in [-0.2, 0) is 7.05 Å². The molecule has 0 saturated heterocycles. The van der Waals surface area contributed by atoms with Crippen molar-refractivity contribution < 1.29 is 14.6 Å². The second kappa shape index (κ2) is 5.07. The number of hydrogen-bond acceptors (Lipinski definition) is 4. The molecule has 1 aliphatic heterocycles. The van der Waals surface area contributed by atoms with Gasteiger partial charge >= 0.3 is 0 Å². The van der Waals surface area contributed by atoms with Gasteiger partial charge in [0.05, 0.1) is 24.5 Å². The summed E-state index contributed by atoms with van der Waals surface area (Å²) in [6, 6.07) is 5.88. The Kier molecular flexibility index (Phi) is 3.37. The summed E-state index contributed by atoms with van der Waals surface area (Å²) in [4.78, 5) is 0. The Morgan fingerprint density at radius 1 is 1.38 bits per heavy atom. The highest BCUT2D eigenvalue weighted by Gasteiger charge is 2.33. The molecule has 0 spiro atoms. The lowest BCUT2D eigenvalue weighted by molar-refractivity contribution is 0.0640. The Balaban J connectivity index is 2.02. The first-order valence-electron chi connectivity index (χ1n) is 7.04. The SMILES string of the molecule is COc1c(C2C[C@@H](O)c3cc(C)ccc3O2)c(C)nn1C. The number of aryl methyl sites for hydroxylation is 3. The van der Waals surface area contributed by atoms with Gasteiger partial charge in [-0.1, -0.05) is 11.6 Å². The molecule has 1 aliphatic rings. The summed E-state index contributed by atoms with van der Waals surface area (Å²) < 4.78 is 13.2. The summed E-state index contributed by atoms with van der Waals surface area (Å²) in [6.07, 6.45) is -0.291. The second-order valence-electron chi connectivity index (χ2n) is 5.53. The fourth-order valence-electron chi connectivity index (χ4n) is 3.01. The summed E-state index contributed by atoms with van der Waals surface area (Å²) >= 11 is 0. The Morgan fingerprint density at radius 3 is 2.86 bits per heavy atom. The van der Waals surface area contributed by atoms with Crippen LogP contribution in [0.15, 0.2) is 18.2 Å². The molecule has 21 heavy (non-hydrogen) atoms. The third kappa shape index (κ3) is 2.27. The fraction of sp³-hybridized carbons (Fsp3) is 0.438. The minimum Gasteiger partial charge on any atom is -0.485 e. The molecule has 0 saturated carbocycles. The maximum Gasteiger partial charge on any atom is 0.218 e. The highest BCUT2D eigenvalue weighted by Crippen LogP contribution is 2.44. The number of aliphatic hydroxyl groups is 1. The Morgan fingerprint density at radius 2 is 2.14 bits per heavy atom. The minimum absolute atomic E-state index is 0.251. The Hall–Kier alpha value is -2.01. The maximum atomic E-state index is 10.4. The number of nitrogens with zero attached hydrogens (tertiary/aromatic N) is 2. The van der Waals surface area contributed by atoms with Crippen LogP contribution >= 0.6 is 0 Å². The van der Waals surface area contributed by atoms with Crippen molar-refractivity contribution in [3.8, 4) is 11.6 Å². The Bertz CT molecular complexity index is 678. The van der Waals surface area contributed by atoms with Gasteiger partial charge in [0.25, 0.3) is 0 Å². The topological polar surface area (TPSA) is 56.5 Å². The van der Waals surface area contributed by atoms with Crippen LogP contribution in [0.5, 0.6) is 11.6 Å². The van der Waals surface area contributed by atoms with Crippen LogP contribution in [0, 0.1) is 13.8 Å². The predicted molar refractivity (Wildman–Crippen MR) is 78.6 cm³/mol. The highest BCUT2D eigenvalue weighted by molar-refractivity contribution is 5.43. The maximum absolute atomic E-state index is 10.4. The van der Waals surface area contributed by atoms with E-state index in [4.69, 9.17) is 9.47 Å². The van der Waals surface area contributed by atoms with Crippen molar-refractivity contribution in [3.05, 3.63) is 40.6 Å². The smallest absolute Gasteiger partial charge is 0.218 e. The number of fused-ring (bicyclic) bond motifs is 1. The fourth-order valence-corrected chi connectivity index (χ4v) is 3.01. The monoisotopic (exact) mass is 288 g/mol. The van der Waals surface area contributed by atoms with Gasteiger partial charge in [-0.05, 0) is 26.0 Å². The number of ether oxygens (including phenoxy) is 2. The first-order valence-corrected chi connectivity index (χ1v) is 7.04. The molecule has 1 aromatic carbocycles. The number of methoxy groups -OCH3 is 1. The summed E-state index contributed by atoms with van der Waals surface area (Å²) in [7, 11) is 3.46. The average Bonchev–Trinajstić information content (AvgIpc) is 2.73. The van der Waals surface area contributed by atoms with Crippen molar-refractivity contribution in [3.63, 3.8) is 0 Å². The normalized spacial score (nSPS) is 20.8. The van der Waals surface area contributed by atoms with Crippen LogP contribution in [0.3, 0.4) is 0 Å². The average molecular weight is 288 g/mol. The third-order valence-corrected chi connectivity index (χ3v) is 3.96. The van der Waals surface area contributed by atoms with E-state index in [-0.39, 0.29) is 6.10 Å². The number of rotatable bonds is 2. The lowest BCUT2D eigenvalue weighted by Gasteiger charge is -2.30. The van der Waals surface area contributed by atoms with Crippen molar-refractivity contribution in [1.82, 2.24) is 9.78 Å². The number of benzene rings is 1. The largest absolute Gasteiger partial charge is 0.485 e. The zero-order chi connectivity index (χ0) is 15.1. The van der Waals surface area contributed by atoms with Gasteiger partial charge in [0.15, 0.2) is 0 Å². The van der Waals surface area contributed by atoms with E-state index in [1.165, 1.54) is 0 Å². The summed E-state index contributed by atoms with van der Waals surface area (Å²) in [5.74, 6) is 1.41. The molecule has 2 aromatic rings. The van der Waals surface area contributed by atoms with Crippen LogP contribution in [0.4, 0.5) is 0 Å². The van der Waals surface area contributed by atoms with Gasteiger partial charge in [-0.15, -0.1) is 0 Å². The lowest BCUT2D eigenvalue weighted by atomic mass is 9.94. The molecule has 2 heterocycles. The zero-order valence-electron chi connectivity index (χ0n) is 12.8. The van der Waals surface area contributed by atoms with E-state index in [2.05, 4.69) is 5.10 Å². The van der Waals surface area contributed by atoms with Gasteiger partial charge < -0.3 is 14.6 Å². The molecular weight excluding hydrogens is 268 g/mol. The van der Waals surface area contributed by atoms with E-state index in [0.717, 1.165) is 28.1 Å². The van der Waals surface area contributed by atoms with Crippen molar-refractivity contribution in [1.29, 1.82) is 0 Å². The molecule has 112 valence electrons. The molecular formula is C16H20N2O3. The van der Waals surface area contributed by atoms with Gasteiger partial charge in [-0.25, -0.2) is 4.68 Å². The third-order valence-electron chi connectivity index (χ3n) is 3.96. The summed E-state index contributed by atoms with van der Waals surface area (Å²) in [6.45, 7) is 3.94. The summed E-state index contributed by atoms with van der Waals surface area (Å²) in [5, 5.41) is 14.8. The van der Waals surface area contributed by atoms with Gasteiger partial charge in [-0.3, -0.25) is 0 Å². The molecule has 1 unspecified atom stereocenters. The Labute approximate surface area is 124 Å². The van der Waals surface area contributed by atoms with E-state index in [9.17, 15) is 5.11 Å². The number of aromatic nitrogens is 2. The lowest BCUT2D eigenvalue weighted by Crippen LogP contribution is -2.20. The second-order valence-corrected chi connectivity index (χ2v) is 5.53. The minimum atomic E-state index is -0.539. The first-order chi connectivity index (χ1) is 10.0. The van der Waals surface area contributed by atoms with Crippen molar-refractivity contribution in [2.24, 2.45) is 7.05 Å². The van der Waals surface area contributed by atoms with Crippen molar-refractivity contribution in [2.45, 2.75) is 32.5 Å². The quantitative estimate of drug-likeness (QED) is 0.923. The van der Waals surface area contributed by atoms with E-state index in [0.29, 0.717) is 12.3 Å². The standard InChI is InChI=1S/C16H20N2O3/c1-9-5-6-13-11(7-9)12(19)8-14(21-13)15-10(2)17-18(3)16(15)20-4/h5-7,12,14,19H,8H2,1-4H3/t12-,14?/m1/s1. The van der Waals surface area contributed by atoms with Crippen LogP contribution in [0.2, 0.25) is 0 Å². The first kappa shape index (κ1) is 13.9. The highest BCUT2D eigenvalue weighted by atomic mass is 16.5. The van der Waals surface area contributed by atoms with E-state index in [1.807, 2.05) is 39.1 Å². The van der Waals surface area contributed by atoms with Crippen molar-refractivity contribution >= 4 is 0 Å². The van der Waals surface area contributed by atoms with Crippen LogP contribution in [0.1, 0.15) is 41.0 Å². The van der Waals surface area contributed by atoms with Crippen molar-refractivity contribution in [2.75, 3.05) is 7.11 Å². The molecule has 3 rings (SSSR count). The van der Waals surface area contributed by atoms with E-state index >= 15 is 0 Å². The molecule has 5 nitrogen and oxygen atoms in total. The molecule has 0 bridgehead atoms. The molecule has 2 atom stereocenters. The van der Waals surface area contributed by atoms with Gasteiger partial charge in [0.2, 0.25) is 5.88 Å². The molecule has 1 N–H and O–H groups in total. The zero-order valence-corrected chi connectivity index (χ0v) is 12.8. The van der Waals surface area contributed by atoms with Gasteiger partial charge in [-0.2, -0.15) is 5.10 Å². The van der Waals surface area contributed by atoms with Crippen LogP contribution in [0.25, 0.3) is 0 Å². The molecule has 0 aliphatic carbocycles. The molecule has 5 heteroatoms. The molecule has 0 amide bonds. The molecule has 1 aromatic heterocycles. The number of hydrogen-bond donors (Lipinski definition) is 1. The van der Waals surface area contributed by atoms with Crippen LogP contribution in [-0.4, -0.2) is 22.0 Å². The van der Waals surface area contributed by atoms with Gasteiger partial charge in [0, 0.05) is 19.0 Å². The van der Waals surface area contributed by atoms with Gasteiger partial charge in [0.1, 0.15) is 11.9 Å². The molecule has 0 radical (unpaired) electrons.